The number of halogens is 2. The normalized spacial score (nSPS) is 10.3. The third-order valence-electron chi connectivity index (χ3n) is 1.96. The second-order valence-electron chi connectivity index (χ2n) is 2.99. The topological polar surface area (TPSA) is 16.1 Å². The molecule has 0 bridgehead atoms. The van der Waals surface area contributed by atoms with Crippen molar-refractivity contribution in [3.05, 3.63) is 40.1 Å². The molecule has 0 saturated carbocycles. The maximum Gasteiger partial charge on any atom is 0.190 e. The molecule has 78 valence electrons. The van der Waals surface area contributed by atoms with Gasteiger partial charge in [0.1, 0.15) is 10.4 Å². The van der Waals surface area contributed by atoms with E-state index in [9.17, 15) is 4.39 Å². The van der Waals surface area contributed by atoms with Crippen LogP contribution in [0.2, 0.25) is 0 Å². The molecule has 0 aliphatic rings. The number of hydrogen-bond donors (Lipinski definition) is 0. The number of hydrogen-bond acceptors (Lipinski definition) is 3. The van der Waals surface area contributed by atoms with Gasteiger partial charge in [0, 0.05) is 18.1 Å². The molecule has 0 atom stereocenters. The predicted octanol–water partition coefficient (Wildman–Crippen LogP) is 3.81. The van der Waals surface area contributed by atoms with Crippen molar-refractivity contribution in [1.82, 2.24) is 4.98 Å². The van der Waals surface area contributed by atoms with Crippen LogP contribution in [0.5, 0.6) is 0 Å². The van der Waals surface area contributed by atoms with Crippen LogP contribution in [0.4, 0.5) is 15.2 Å². The van der Waals surface area contributed by atoms with E-state index >= 15 is 0 Å². The maximum absolute atomic E-state index is 12.7. The number of rotatable bonds is 2. The van der Waals surface area contributed by atoms with E-state index in [4.69, 9.17) is 0 Å². The Hall–Kier alpha value is -0.940. The van der Waals surface area contributed by atoms with E-state index in [1.54, 1.807) is 12.1 Å². The van der Waals surface area contributed by atoms with E-state index in [0.29, 0.717) is 0 Å². The summed E-state index contributed by atoms with van der Waals surface area (Å²) in [5, 5.41) is 2.78. The van der Waals surface area contributed by atoms with Gasteiger partial charge < -0.3 is 4.90 Å². The molecule has 0 radical (unpaired) electrons. The molecule has 0 unspecified atom stereocenters. The molecule has 0 aliphatic heterocycles. The molecular weight excluding hydrogens is 279 g/mol. The number of benzene rings is 1. The lowest BCUT2D eigenvalue weighted by Gasteiger charge is -2.15. The standard InChI is InChI=1S/C10H8BrFN2S/c1-14(10-13-9(11)6-15-10)8-4-2-7(12)3-5-8/h2-6H,1H3. The van der Waals surface area contributed by atoms with Crippen molar-refractivity contribution in [2.45, 2.75) is 0 Å². The van der Waals surface area contributed by atoms with Crippen LogP contribution in [0, 0.1) is 5.82 Å². The highest BCUT2D eigenvalue weighted by Crippen LogP contribution is 2.28. The van der Waals surface area contributed by atoms with Crippen LogP contribution in [-0.2, 0) is 0 Å². The Labute approximate surface area is 99.5 Å². The zero-order valence-electron chi connectivity index (χ0n) is 7.95. The van der Waals surface area contributed by atoms with Gasteiger partial charge in [-0.1, -0.05) is 0 Å². The third-order valence-corrected chi connectivity index (χ3v) is 3.59. The Morgan fingerprint density at radius 3 is 2.53 bits per heavy atom. The van der Waals surface area contributed by atoms with Crippen molar-refractivity contribution in [2.24, 2.45) is 0 Å². The molecule has 0 spiro atoms. The molecule has 0 amide bonds. The molecular formula is C10H8BrFN2S. The Morgan fingerprint density at radius 2 is 2.00 bits per heavy atom. The SMILES string of the molecule is CN(c1ccc(F)cc1)c1nc(Br)cs1. The van der Waals surface area contributed by atoms with Crippen LogP contribution in [0.15, 0.2) is 34.2 Å². The van der Waals surface area contributed by atoms with Gasteiger partial charge in [0.25, 0.3) is 0 Å². The van der Waals surface area contributed by atoms with Crippen molar-refractivity contribution in [3.8, 4) is 0 Å². The summed E-state index contributed by atoms with van der Waals surface area (Å²) in [5.74, 6) is -0.229. The van der Waals surface area contributed by atoms with Crippen LogP contribution in [0.3, 0.4) is 0 Å². The van der Waals surface area contributed by atoms with Gasteiger partial charge in [-0.25, -0.2) is 9.37 Å². The summed E-state index contributed by atoms with van der Waals surface area (Å²) in [6.45, 7) is 0. The Kier molecular flexibility index (Phi) is 3.02. The third kappa shape index (κ3) is 2.35. The lowest BCUT2D eigenvalue weighted by Crippen LogP contribution is -2.08. The Bertz CT molecular complexity index is 455. The summed E-state index contributed by atoms with van der Waals surface area (Å²) in [5.41, 5.74) is 0.915. The van der Waals surface area contributed by atoms with Crippen molar-refractivity contribution in [2.75, 3.05) is 11.9 Å². The minimum atomic E-state index is -0.229. The van der Waals surface area contributed by atoms with Crippen molar-refractivity contribution in [3.63, 3.8) is 0 Å². The van der Waals surface area contributed by atoms with Crippen molar-refractivity contribution < 1.29 is 4.39 Å². The first-order chi connectivity index (χ1) is 7.16. The van der Waals surface area contributed by atoms with Crippen molar-refractivity contribution in [1.29, 1.82) is 0 Å². The van der Waals surface area contributed by atoms with Gasteiger partial charge in [-0.05, 0) is 40.2 Å². The number of aromatic nitrogens is 1. The lowest BCUT2D eigenvalue weighted by atomic mass is 10.3. The zero-order chi connectivity index (χ0) is 10.8. The molecule has 2 rings (SSSR count). The predicted molar refractivity (Wildman–Crippen MR) is 64.3 cm³/mol. The zero-order valence-corrected chi connectivity index (χ0v) is 10.3. The molecule has 0 saturated heterocycles. The summed E-state index contributed by atoms with van der Waals surface area (Å²) >= 11 is 4.83. The number of nitrogens with zero attached hydrogens (tertiary/aromatic N) is 2. The Balaban J connectivity index is 2.28. The monoisotopic (exact) mass is 286 g/mol. The fourth-order valence-electron chi connectivity index (χ4n) is 1.17. The van der Waals surface area contributed by atoms with Crippen LogP contribution in [-0.4, -0.2) is 12.0 Å². The van der Waals surface area contributed by atoms with E-state index in [0.717, 1.165) is 15.4 Å². The van der Waals surface area contributed by atoms with E-state index in [1.807, 2.05) is 17.3 Å². The largest absolute Gasteiger partial charge is 0.321 e. The van der Waals surface area contributed by atoms with E-state index in [1.165, 1.54) is 23.5 Å². The molecule has 0 fully saturated rings. The number of anilines is 2. The maximum atomic E-state index is 12.7. The van der Waals surface area contributed by atoms with Gasteiger partial charge in [0.2, 0.25) is 0 Å². The molecule has 2 nitrogen and oxygen atoms in total. The van der Waals surface area contributed by atoms with Gasteiger partial charge in [-0.15, -0.1) is 11.3 Å². The van der Waals surface area contributed by atoms with Crippen LogP contribution in [0.25, 0.3) is 0 Å². The summed E-state index contributed by atoms with van der Waals surface area (Å²) in [6.07, 6.45) is 0. The molecule has 0 N–H and O–H groups in total. The highest BCUT2D eigenvalue weighted by molar-refractivity contribution is 9.10. The fourth-order valence-corrected chi connectivity index (χ4v) is 2.41. The molecule has 1 aromatic heterocycles. The highest BCUT2D eigenvalue weighted by Gasteiger charge is 2.07. The van der Waals surface area contributed by atoms with Crippen LogP contribution < -0.4 is 4.90 Å². The quantitative estimate of drug-likeness (QED) is 0.835. The first-order valence-electron chi connectivity index (χ1n) is 4.27. The molecule has 15 heavy (non-hydrogen) atoms. The second-order valence-corrected chi connectivity index (χ2v) is 4.64. The van der Waals surface area contributed by atoms with Crippen molar-refractivity contribution >= 4 is 38.1 Å². The first kappa shape index (κ1) is 10.6. The molecule has 5 heteroatoms. The second kappa shape index (κ2) is 4.28. The van der Waals surface area contributed by atoms with Gasteiger partial charge >= 0.3 is 0 Å². The average molecular weight is 287 g/mol. The molecule has 2 aromatic rings. The Morgan fingerprint density at radius 1 is 1.33 bits per heavy atom. The van der Waals surface area contributed by atoms with E-state index in [2.05, 4.69) is 20.9 Å². The van der Waals surface area contributed by atoms with E-state index in [-0.39, 0.29) is 5.82 Å². The average Bonchev–Trinajstić information content (AvgIpc) is 2.65. The highest BCUT2D eigenvalue weighted by atomic mass is 79.9. The lowest BCUT2D eigenvalue weighted by molar-refractivity contribution is 0.628. The van der Waals surface area contributed by atoms with Crippen LogP contribution in [0.1, 0.15) is 0 Å². The molecule has 0 aliphatic carbocycles. The number of thiazole rings is 1. The minimum absolute atomic E-state index is 0.229. The van der Waals surface area contributed by atoms with E-state index < -0.39 is 0 Å². The van der Waals surface area contributed by atoms with Crippen LogP contribution >= 0.6 is 27.3 Å². The van der Waals surface area contributed by atoms with Gasteiger partial charge in [-0.3, -0.25) is 0 Å². The summed E-state index contributed by atoms with van der Waals surface area (Å²) in [6, 6.07) is 6.33. The fraction of sp³-hybridized carbons (Fsp3) is 0.100. The minimum Gasteiger partial charge on any atom is -0.321 e. The summed E-state index contributed by atoms with van der Waals surface area (Å²) in [7, 11) is 1.90. The van der Waals surface area contributed by atoms with Gasteiger partial charge in [0.15, 0.2) is 5.13 Å². The first-order valence-corrected chi connectivity index (χ1v) is 5.94. The molecule has 1 heterocycles. The van der Waals surface area contributed by atoms with Gasteiger partial charge in [-0.2, -0.15) is 0 Å². The smallest absolute Gasteiger partial charge is 0.190 e. The summed E-state index contributed by atoms with van der Waals surface area (Å²) < 4.78 is 13.5. The molecule has 1 aromatic carbocycles. The van der Waals surface area contributed by atoms with Gasteiger partial charge in [0.05, 0.1) is 0 Å². The summed E-state index contributed by atoms with van der Waals surface area (Å²) in [4.78, 5) is 6.19.